The molecule has 0 aliphatic carbocycles. The Morgan fingerprint density at radius 2 is 1.79 bits per heavy atom. The van der Waals surface area contributed by atoms with Crippen LogP contribution >= 0.6 is 0 Å². The number of piperazine rings is 1. The van der Waals surface area contributed by atoms with E-state index in [1.165, 1.54) is 15.4 Å². The number of carbonyl (C=O) groups is 2. The monoisotopic (exact) mass is 388 g/mol. The lowest BCUT2D eigenvalue weighted by Gasteiger charge is -2.29. The van der Waals surface area contributed by atoms with E-state index >= 15 is 0 Å². The molecule has 3 amide bonds. The normalized spacial score (nSPS) is 19.0. The van der Waals surface area contributed by atoms with Crippen LogP contribution in [-0.2, 0) is 17.9 Å². The predicted molar refractivity (Wildman–Crippen MR) is 102 cm³/mol. The number of carbonyl (C=O) groups excluding carboxylic acids is 2. The average molecular weight is 388 g/mol. The van der Waals surface area contributed by atoms with Crippen molar-refractivity contribution in [3.63, 3.8) is 0 Å². The number of quaternary nitrogens is 2. The van der Waals surface area contributed by atoms with Crippen molar-refractivity contribution in [3.8, 4) is 5.75 Å². The highest BCUT2D eigenvalue weighted by Gasteiger charge is 2.25. The van der Waals surface area contributed by atoms with Crippen LogP contribution in [0.25, 0.3) is 0 Å². The lowest BCUT2D eigenvalue weighted by molar-refractivity contribution is -1.02. The number of hydrogen-bond acceptors (Lipinski definition) is 4. The summed E-state index contributed by atoms with van der Waals surface area (Å²) in [5.41, 5.74) is 1.28. The second kappa shape index (κ2) is 9.91. The molecule has 1 aliphatic rings. The maximum Gasteiger partial charge on any atom is 0.321 e. The highest BCUT2D eigenvalue weighted by Crippen LogP contribution is 2.10. The first kappa shape index (κ1) is 19.9. The second-order valence-corrected chi connectivity index (χ2v) is 7.01. The molecule has 1 saturated heterocycles. The number of rotatable bonds is 7. The van der Waals surface area contributed by atoms with E-state index < -0.39 is 6.03 Å². The SMILES string of the molecule is COc1ccc(C[NH+]2CC[NH+](CC(=O)NC(=O)NCc3ccco3)CC2)cc1. The van der Waals surface area contributed by atoms with E-state index in [0.29, 0.717) is 12.3 Å². The number of urea groups is 1. The second-order valence-electron chi connectivity index (χ2n) is 7.01. The minimum atomic E-state index is -0.496. The molecular formula is C20H28N4O4+2. The number of ether oxygens (including phenoxy) is 1. The van der Waals surface area contributed by atoms with E-state index in [1.54, 1.807) is 25.5 Å². The Balaban J connectivity index is 1.34. The van der Waals surface area contributed by atoms with E-state index in [1.807, 2.05) is 12.1 Å². The molecule has 2 aromatic rings. The van der Waals surface area contributed by atoms with Gasteiger partial charge >= 0.3 is 6.03 Å². The molecule has 2 heterocycles. The first-order valence-electron chi connectivity index (χ1n) is 9.52. The molecule has 8 nitrogen and oxygen atoms in total. The topological polar surface area (TPSA) is 89.5 Å². The Morgan fingerprint density at radius 3 is 2.43 bits per heavy atom. The highest BCUT2D eigenvalue weighted by molar-refractivity contribution is 5.94. The molecule has 1 fully saturated rings. The van der Waals surface area contributed by atoms with Gasteiger partial charge in [-0.25, -0.2) is 4.79 Å². The van der Waals surface area contributed by atoms with Crippen molar-refractivity contribution in [1.29, 1.82) is 0 Å². The number of furan rings is 1. The summed E-state index contributed by atoms with van der Waals surface area (Å²) in [6, 6.07) is 11.2. The van der Waals surface area contributed by atoms with Crippen LogP contribution < -0.4 is 25.2 Å². The van der Waals surface area contributed by atoms with Crippen LogP contribution in [0.3, 0.4) is 0 Å². The molecule has 1 aliphatic heterocycles. The van der Waals surface area contributed by atoms with Gasteiger partial charge < -0.3 is 24.3 Å². The molecule has 0 saturated carbocycles. The fourth-order valence-electron chi connectivity index (χ4n) is 3.37. The van der Waals surface area contributed by atoms with Crippen molar-refractivity contribution in [2.75, 3.05) is 39.8 Å². The molecule has 28 heavy (non-hydrogen) atoms. The molecule has 0 spiro atoms. The summed E-state index contributed by atoms with van der Waals surface area (Å²) in [6.45, 7) is 5.35. The van der Waals surface area contributed by atoms with Gasteiger partial charge in [0.1, 0.15) is 44.2 Å². The minimum Gasteiger partial charge on any atom is -0.497 e. The minimum absolute atomic E-state index is 0.256. The summed E-state index contributed by atoms with van der Waals surface area (Å²) < 4.78 is 10.3. The van der Waals surface area contributed by atoms with E-state index in [9.17, 15) is 9.59 Å². The summed E-state index contributed by atoms with van der Waals surface area (Å²) >= 11 is 0. The van der Waals surface area contributed by atoms with Crippen molar-refractivity contribution in [2.24, 2.45) is 0 Å². The molecular weight excluding hydrogens is 360 g/mol. The number of amides is 3. The molecule has 0 radical (unpaired) electrons. The molecule has 0 bridgehead atoms. The summed E-state index contributed by atoms with van der Waals surface area (Å²) in [5, 5.41) is 4.99. The number of benzene rings is 1. The van der Waals surface area contributed by atoms with Crippen molar-refractivity contribution in [2.45, 2.75) is 13.1 Å². The zero-order valence-electron chi connectivity index (χ0n) is 16.1. The van der Waals surface area contributed by atoms with Gasteiger partial charge in [-0.1, -0.05) is 0 Å². The Kier molecular flexibility index (Phi) is 7.05. The Morgan fingerprint density at radius 1 is 1.07 bits per heavy atom. The van der Waals surface area contributed by atoms with Crippen LogP contribution in [0.4, 0.5) is 4.79 Å². The van der Waals surface area contributed by atoms with Gasteiger partial charge in [-0.3, -0.25) is 10.1 Å². The molecule has 8 heteroatoms. The molecule has 150 valence electrons. The van der Waals surface area contributed by atoms with Crippen LogP contribution in [-0.4, -0.2) is 51.8 Å². The van der Waals surface area contributed by atoms with E-state index in [-0.39, 0.29) is 12.5 Å². The summed E-state index contributed by atoms with van der Waals surface area (Å²) in [5.74, 6) is 1.25. The molecule has 3 rings (SSSR count). The first-order chi connectivity index (χ1) is 13.6. The third-order valence-corrected chi connectivity index (χ3v) is 4.94. The van der Waals surface area contributed by atoms with Crippen molar-refractivity contribution >= 4 is 11.9 Å². The van der Waals surface area contributed by atoms with E-state index in [2.05, 4.69) is 22.8 Å². The fourth-order valence-corrected chi connectivity index (χ4v) is 3.37. The Labute approximate surface area is 164 Å². The van der Waals surface area contributed by atoms with Gasteiger partial charge in [0.05, 0.1) is 19.9 Å². The van der Waals surface area contributed by atoms with Crippen LogP contribution in [0.1, 0.15) is 11.3 Å². The third-order valence-electron chi connectivity index (χ3n) is 4.94. The van der Waals surface area contributed by atoms with Gasteiger partial charge in [0.2, 0.25) is 0 Å². The standard InChI is InChI=1S/C20H26N4O4/c1-27-17-6-4-16(5-7-17)14-23-8-10-24(11-9-23)15-19(25)22-20(26)21-13-18-3-2-12-28-18/h2-7,12H,8-11,13-15H2,1H3,(H2,21,22,25,26)/p+2. The number of imide groups is 1. The average Bonchev–Trinajstić information content (AvgIpc) is 3.22. The third kappa shape index (κ3) is 6.11. The molecule has 4 N–H and O–H groups in total. The zero-order valence-corrected chi connectivity index (χ0v) is 16.1. The van der Waals surface area contributed by atoms with Gasteiger partial charge in [0.25, 0.3) is 5.91 Å². The molecule has 1 aromatic heterocycles. The van der Waals surface area contributed by atoms with Gasteiger partial charge in [-0.2, -0.15) is 0 Å². The number of nitrogens with one attached hydrogen (secondary N) is 4. The van der Waals surface area contributed by atoms with Crippen LogP contribution in [0.2, 0.25) is 0 Å². The van der Waals surface area contributed by atoms with Gasteiger partial charge in [-0.05, 0) is 36.4 Å². The number of hydrogen-bond donors (Lipinski definition) is 4. The predicted octanol–water partition coefficient (Wildman–Crippen LogP) is -1.40. The van der Waals surface area contributed by atoms with Crippen LogP contribution in [0.15, 0.2) is 47.1 Å². The summed E-state index contributed by atoms with van der Waals surface area (Å²) in [7, 11) is 1.67. The quantitative estimate of drug-likeness (QED) is 0.470. The lowest BCUT2D eigenvalue weighted by atomic mass is 10.2. The fraction of sp³-hybridized carbons (Fsp3) is 0.400. The Bertz CT molecular complexity index is 753. The van der Waals surface area contributed by atoms with E-state index in [4.69, 9.17) is 9.15 Å². The number of methoxy groups -OCH3 is 1. The zero-order chi connectivity index (χ0) is 19.8. The van der Waals surface area contributed by atoms with Crippen LogP contribution in [0.5, 0.6) is 5.75 Å². The van der Waals surface area contributed by atoms with Gasteiger partial charge in [-0.15, -0.1) is 0 Å². The lowest BCUT2D eigenvalue weighted by Crippen LogP contribution is -3.28. The van der Waals surface area contributed by atoms with Crippen molar-refractivity contribution < 1.29 is 28.5 Å². The van der Waals surface area contributed by atoms with E-state index in [0.717, 1.165) is 38.5 Å². The first-order valence-corrected chi connectivity index (χ1v) is 9.52. The highest BCUT2D eigenvalue weighted by atomic mass is 16.5. The maximum absolute atomic E-state index is 12.1. The van der Waals surface area contributed by atoms with Crippen LogP contribution in [0, 0.1) is 0 Å². The van der Waals surface area contributed by atoms with Crippen molar-refractivity contribution in [1.82, 2.24) is 10.6 Å². The molecule has 0 unspecified atom stereocenters. The van der Waals surface area contributed by atoms with Crippen molar-refractivity contribution in [3.05, 3.63) is 54.0 Å². The summed E-state index contributed by atoms with van der Waals surface area (Å²) in [4.78, 5) is 26.6. The molecule has 1 aromatic carbocycles. The smallest absolute Gasteiger partial charge is 0.321 e. The molecule has 0 atom stereocenters. The summed E-state index contributed by atoms with van der Waals surface area (Å²) in [6.07, 6.45) is 1.54. The van der Waals surface area contributed by atoms with Gasteiger partial charge in [0.15, 0.2) is 6.54 Å². The Hall–Kier alpha value is -2.84. The van der Waals surface area contributed by atoms with Gasteiger partial charge in [0, 0.05) is 5.56 Å². The largest absolute Gasteiger partial charge is 0.497 e. The maximum atomic E-state index is 12.1.